The summed E-state index contributed by atoms with van der Waals surface area (Å²) in [7, 11) is 2.07. The van der Waals surface area contributed by atoms with Crippen LogP contribution >= 0.6 is 0 Å². The van der Waals surface area contributed by atoms with Gasteiger partial charge in [0.15, 0.2) is 0 Å². The van der Waals surface area contributed by atoms with Crippen molar-refractivity contribution in [2.45, 2.75) is 92.6 Å². The fourth-order valence-electron chi connectivity index (χ4n) is 2.56. The van der Waals surface area contributed by atoms with Crippen LogP contribution in [0.5, 0.6) is 0 Å². The summed E-state index contributed by atoms with van der Waals surface area (Å²) >= 11 is 0. The summed E-state index contributed by atoms with van der Waals surface area (Å²) in [4.78, 5) is 5.94. The van der Waals surface area contributed by atoms with Gasteiger partial charge in [0.2, 0.25) is 0 Å². The summed E-state index contributed by atoms with van der Waals surface area (Å²) in [5, 5.41) is 2.04. The van der Waals surface area contributed by atoms with Crippen molar-refractivity contribution in [2.75, 3.05) is 13.6 Å². The maximum absolute atomic E-state index is 5.94. The molecule has 0 amide bonds. The third-order valence-corrected chi connectivity index (χ3v) is 3.86. The first-order chi connectivity index (χ1) is 9.24. The number of hydrogen-bond donors (Lipinski definition) is 0. The Labute approximate surface area is 128 Å². The minimum Gasteiger partial charge on any atom is -0.296 e. The van der Waals surface area contributed by atoms with Crippen molar-refractivity contribution in [1.82, 2.24) is 5.06 Å². The largest absolute Gasteiger partial charge is 0.296 e. The van der Waals surface area contributed by atoms with E-state index in [9.17, 15) is 0 Å². The van der Waals surface area contributed by atoms with Gasteiger partial charge >= 0.3 is 0 Å². The van der Waals surface area contributed by atoms with E-state index in [1.54, 1.807) is 0 Å². The van der Waals surface area contributed by atoms with E-state index in [1.165, 1.54) is 44.9 Å². The van der Waals surface area contributed by atoms with E-state index in [0.29, 0.717) is 11.5 Å². The zero-order valence-electron chi connectivity index (χ0n) is 15.2. The molecule has 20 heavy (non-hydrogen) atoms. The number of hydrogen-bond acceptors (Lipinski definition) is 2. The summed E-state index contributed by atoms with van der Waals surface area (Å²) in [6.45, 7) is 14.8. The average molecular weight is 286 g/mol. The molecule has 0 aliphatic heterocycles. The van der Waals surface area contributed by atoms with Crippen molar-refractivity contribution in [3.63, 3.8) is 0 Å². The third kappa shape index (κ3) is 12.9. The molecule has 0 fully saturated rings. The molecular formula is C18H39NO. The zero-order chi connectivity index (χ0) is 15.6. The highest BCUT2D eigenvalue weighted by Gasteiger charge is 2.11. The van der Waals surface area contributed by atoms with Crippen LogP contribution in [0.15, 0.2) is 0 Å². The first-order valence-corrected chi connectivity index (χ1v) is 8.62. The Kier molecular flexibility index (Phi) is 10.6. The predicted octanol–water partition coefficient (Wildman–Crippen LogP) is 5.67. The van der Waals surface area contributed by atoms with Crippen LogP contribution in [0.3, 0.4) is 0 Å². The van der Waals surface area contributed by atoms with Gasteiger partial charge < -0.3 is 0 Å². The van der Waals surface area contributed by atoms with Crippen LogP contribution in [-0.2, 0) is 4.84 Å². The molecule has 0 heterocycles. The highest BCUT2D eigenvalue weighted by Crippen LogP contribution is 2.21. The maximum Gasteiger partial charge on any atom is 0.0765 e. The molecule has 0 saturated carbocycles. The normalized spacial score (nSPS) is 15.6. The Morgan fingerprint density at radius 2 is 1.65 bits per heavy atom. The molecule has 0 saturated heterocycles. The van der Waals surface area contributed by atoms with Gasteiger partial charge in [-0.15, -0.1) is 0 Å². The number of hydroxylamine groups is 2. The second kappa shape index (κ2) is 10.6. The van der Waals surface area contributed by atoms with Crippen molar-refractivity contribution in [3.05, 3.63) is 0 Å². The van der Waals surface area contributed by atoms with E-state index >= 15 is 0 Å². The Balaban J connectivity index is 3.61. The van der Waals surface area contributed by atoms with Gasteiger partial charge in [-0.1, -0.05) is 53.9 Å². The molecule has 0 N–H and O–H groups in total. The first-order valence-electron chi connectivity index (χ1n) is 8.62. The van der Waals surface area contributed by atoms with E-state index in [-0.39, 0.29) is 0 Å². The first kappa shape index (κ1) is 19.9. The van der Waals surface area contributed by atoms with Crippen LogP contribution in [0.2, 0.25) is 0 Å². The summed E-state index contributed by atoms with van der Waals surface area (Å²) in [5.74, 6) is 0.836. The van der Waals surface area contributed by atoms with E-state index in [2.05, 4.69) is 48.6 Å². The van der Waals surface area contributed by atoms with Gasteiger partial charge in [-0.3, -0.25) is 4.84 Å². The average Bonchev–Trinajstić information content (AvgIpc) is 2.31. The van der Waals surface area contributed by atoms with Crippen molar-refractivity contribution < 1.29 is 4.84 Å². The predicted molar refractivity (Wildman–Crippen MR) is 89.8 cm³/mol. The smallest absolute Gasteiger partial charge is 0.0765 e. The second-order valence-electron chi connectivity index (χ2n) is 7.76. The summed E-state index contributed by atoms with van der Waals surface area (Å²) in [6, 6.07) is 0. The quantitative estimate of drug-likeness (QED) is 0.358. The van der Waals surface area contributed by atoms with Gasteiger partial charge in [0.25, 0.3) is 0 Å². The minimum absolute atomic E-state index is 0.349. The molecule has 0 aromatic rings. The molecule has 2 heteroatoms. The third-order valence-electron chi connectivity index (χ3n) is 3.86. The van der Waals surface area contributed by atoms with Gasteiger partial charge in [0, 0.05) is 13.6 Å². The van der Waals surface area contributed by atoms with Crippen LogP contribution in [0, 0.1) is 11.3 Å². The number of rotatable bonds is 11. The van der Waals surface area contributed by atoms with Crippen molar-refractivity contribution >= 4 is 0 Å². The molecule has 0 radical (unpaired) electrons. The van der Waals surface area contributed by atoms with Gasteiger partial charge in [-0.25, -0.2) is 0 Å². The van der Waals surface area contributed by atoms with Crippen LogP contribution in [0.25, 0.3) is 0 Å². The minimum atomic E-state index is 0.349. The molecule has 2 nitrogen and oxygen atoms in total. The highest BCUT2D eigenvalue weighted by atomic mass is 16.7. The van der Waals surface area contributed by atoms with Crippen molar-refractivity contribution in [3.8, 4) is 0 Å². The molecule has 0 aromatic heterocycles. The second-order valence-corrected chi connectivity index (χ2v) is 7.76. The van der Waals surface area contributed by atoms with Gasteiger partial charge in [0.05, 0.1) is 6.10 Å². The maximum atomic E-state index is 5.94. The Morgan fingerprint density at radius 3 is 2.20 bits per heavy atom. The summed E-state index contributed by atoms with van der Waals surface area (Å²) in [6.07, 6.45) is 9.26. The molecule has 0 rings (SSSR count). The molecule has 0 spiro atoms. The standard InChI is InChI=1S/C18H39NO/c1-8-11-16(2)12-13-17(3)20-19(7)15-10-9-14-18(4,5)6/h16-17H,8-15H2,1-7H3. The topological polar surface area (TPSA) is 12.5 Å². The Bertz CT molecular complexity index is 222. The van der Waals surface area contributed by atoms with Gasteiger partial charge in [0.1, 0.15) is 0 Å². The molecule has 0 aliphatic carbocycles. The van der Waals surface area contributed by atoms with Crippen LogP contribution in [0.4, 0.5) is 0 Å². The summed E-state index contributed by atoms with van der Waals surface area (Å²) in [5.41, 5.74) is 0.460. The highest BCUT2D eigenvalue weighted by molar-refractivity contribution is 4.61. The van der Waals surface area contributed by atoms with Crippen LogP contribution in [0.1, 0.15) is 86.5 Å². The molecule has 0 aromatic carbocycles. The fourth-order valence-corrected chi connectivity index (χ4v) is 2.56. The van der Waals surface area contributed by atoms with Crippen LogP contribution < -0.4 is 0 Å². The molecule has 0 bridgehead atoms. The molecule has 2 atom stereocenters. The van der Waals surface area contributed by atoms with Gasteiger partial charge in [-0.2, -0.15) is 5.06 Å². The summed E-state index contributed by atoms with van der Waals surface area (Å²) < 4.78 is 0. The van der Waals surface area contributed by atoms with Crippen molar-refractivity contribution in [2.24, 2.45) is 11.3 Å². The van der Waals surface area contributed by atoms with E-state index in [1.807, 2.05) is 5.06 Å². The lowest BCUT2D eigenvalue weighted by atomic mass is 9.90. The van der Waals surface area contributed by atoms with Crippen molar-refractivity contribution in [1.29, 1.82) is 0 Å². The molecular weight excluding hydrogens is 246 g/mol. The lowest BCUT2D eigenvalue weighted by Crippen LogP contribution is -2.26. The zero-order valence-corrected chi connectivity index (χ0v) is 15.2. The number of nitrogens with zero attached hydrogens (tertiary/aromatic N) is 1. The lowest BCUT2D eigenvalue weighted by molar-refractivity contribution is -0.178. The SMILES string of the molecule is CCCC(C)CCC(C)ON(C)CCCCC(C)(C)C. The van der Waals surface area contributed by atoms with Gasteiger partial charge in [-0.05, 0) is 43.9 Å². The fraction of sp³-hybridized carbons (Fsp3) is 1.00. The van der Waals surface area contributed by atoms with E-state index in [0.717, 1.165) is 12.5 Å². The van der Waals surface area contributed by atoms with E-state index in [4.69, 9.17) is 4.84 Å². The van der Waals surface area contributed by atoms with Crippen LogP contribution in [-0.4, -0.2) is 24.8 Å². The number of unbranched alkanes of at least 4 members (excludes halogenated alkanes) is 1. The van der Waals surface area contributed by atoms with E-state index < -0.39 is 0 Å². The molecule has 2 unspecified atom stereocenters. The Morgan fingerprint density at radius 1 is 1.00 bits per heavy atom. The lowest BCUT2D eigenvalue weighted by Gasteiger charge is -2.23. The molecule has 0 aliphatic rings. The molecule has 122 valence electrons. The monoisotopic (exact) mass is 285 g/mol. The Hall–Kier alpha value is -0.0800.